The van der Waals surface area contributed by atoms with E-state index in [1.807, 2.05) is 20.0 Å². The number of methoxy groups -OCH3 is 1. The molecule has 1 atom stereocenters. The van der Waals surface area contributed by atoms with Crippen molar-refractivity contribution in [2.45, 2.75) is 19.6 Å². The zero-order valence-corrected chi connectivity index (χ0v) is 11.1. The fourth-order valence-electron chi connectivity index (χ4n) is 1.76. The molecule has 4 N–H and O–H groups in total. The predicted octanol–water partition coefficient (Wildman–Crippen LogP) is 0.834. The average molecular weight is 251 g/mol. The minimum Gasteiger partial charge on any atom is -0.398 e. The molecule has 1 rings (SSSR count). The van der Waals surface area contributed by atoms with Gasteiger partial charge in [-0.25, -0.2) is 0 Å². The van der Waals surface area contributed by atoms with E-state index in [2.05, 4.69) is 4.90 Å². The molecule has 0 radical (unpaired) electrons. The van der Waals surface area contributed by atoms with Gasteiger partial charge in [-0.3, -0.25) is 9.69 Å². The fourth-order valence-corrected chi connectivity index (χ4v) is 1.76. The maximum Gasteiger partial charge on any atom is 0.248 e. The van der Waals surface area contributed by atoms with E-state index < -0.39 is 5.91 Å². The molecular formula is C13H21N3O2. The van der Waals surface area contributed by atoms with Crippen LogP contribution in [-0.2, 0) is 11.3 Å². The lowest BCUT2D eigenvalue weighted by Crippen LogP contribution is -2.28. The van der Waals surface area contributed by atoms with Crippen molar-refractivity contribution in [3.8, 4) is 0 Å². The number of hydrogen-bond donors (Lipinski definition) is 2. The van der Waals surface area contributed by atoms with Crippen molar-refractivity contribution < 1.29 is 9.53 Å². The molecule has 0 bridgehead atoms. The number of anilines is 1. The van der Waals surface area contributed by atoms with Crippen molar-refractivity contribution in [3.63, 3.8) is 0 Å². The number of ether oxygens (including phenoxy) is 1. The van der Waals surface area contributed by atoms with Crippen LogP contribution in [0.25, 0.3) is 0 Å². The third kappa shape index (κ3) is 4.01. The maximum atomic E-state index is 11.0. The van der Waals surface area contributed by atoms with Crippen molar-refractivity contribution in [1.29, 1.82) is 0 Å². The zero-order chi connectivity index (χ0) is 13.7. The number of likely N-dealkylation sites (N-methyl/N-ethyl adjacent to an activating group) is 1. The van der Waals surface area contributed by atoms with Crippen LogP contribution in [0.3, 0.4) is 0 Å². The Hall–Kier alpha value is -1.59. The zero-order valence-electron chi connectivity index (χ0n) is 11.1. The smallest absolute Gasteiger partial charge is 0.248 e. The highest BCUT2D eigenvalue weighted by Gasteiger charge is 2.09. The van der Waals surface area contributed by atoms with E-state index in [0.29, 0.717) is 17.8 Å². The molecule has 5 nitrogen and oxygen atoms in total. The molecule has 1 unspecified atom stereocenters. The molecule has 0 aliphatic rings. The van der Waals surface area contributed by atoms with Crippen molar-refractivity contribution >= 4 is 11.6 Å². The minimum atomic E-state index is -0.463. The Kier molecular flexibility index (Phi) is 5.12. The highest BCUT2D eigenvalue weighted by molar-refractivity contribution is 5.93. The monoisotopic (exact) mass is 251 g/mol. The van der Waals surface area contributed by atoms with Crippen molar-refractivity contribution in [2.24, 2.45) is 5.73 Å². The standard InChI is InChI=1S/C13H21N3O2/c1-9(18-3)7-16(2)8-11-5-4-10(13(15)17)6-12(11)14/h4-6,9H,7-8,14H2,1-3H3,(H2,15,17). The summed E-state index contributed by atoms with van der Waals surface area (Å²) in [6.07, 6.45) is 0.168. The summed E-state index contributed by atoms with van der Waals surface area (Å²) in [5, 5.41) is 0. The Morgan fingerprint density at radius 3 is 2.67 bits per heavy atom. The second kappa shape index (κ2) is 6.37. The highest BCUT2D eigenvalue weighted by atomic mass is 16.5. The molecule has 0 spiro atoms. The molecule has 0 saturated carbocycles. The van der Waals surface area contributed by atoms with E-state index in [-0.39, 0.29) is 6.10 Å². The van der Waals surface area contributed by atoms with Gasteiger partial charge in [-0.2, -0.15) is 0 Å². The van der Waals surface area contributed by atoms with Crippen molar-refractivity contribution in [3.05, 3.63) is 29.3 Å². The number of primary amides is 1. The van der Waals surface area contributed by atoms with E-state index in [1.165, 1.54) is 0 Å². The number of hydrogen-bond acceptors (Lipinski definition) is 4. The first kappa shape index (κ1) is 14.5. The van der Waals surface area contributed by atoms with Gasteiger partial charge in [0, 0.05) is 31.5 Å². The van der Waals surface area contributed by atoms with Gasteiger partial charge in [0.15, 0.2) is 0 Å². The van der Waals surface area contributed by atoms with Crippen LogP contribution in [0.5, 0.6) is 0 Å². The summed E-state index contributed by atoms with van der Waals surface area (Å²) in [6, 6.07) is 5.15. The van der Waals surface area contributed by atoms with Crippen LogP contribution in [0.1, 0.15) is 22.8 Å². The van der Waals surface area contributed by atoms with Crippen LogP contribution in [0, 0.1) is 0 Å². The number of amides is 1. The predicted molar refractivity (Wildman–Crippen MR) is 72.2 cm³/mol. The highest BCUT2D eigenvalue weighted by Crippen LogP contribution is 2.16. The van der Waals surface area contributed by atoms with Gasteiger partial charge in [0.1, 0.15) is 0 Å². The minimum absolute atomic E-state index is 0.168. The topological polar surface area (TPSA) is 81.6 Å². The van der Waals surface area contributed by atoms with E-state index in [4.69, 9.17) is 16.2 Å². The van der Waals surface area contributed by atoms with Crippen molar-refractivity contribution in [1.82, 2.24) is 4.90 Å². The number of benzene rings is 1. The number of nitrogen functional groups attached to an aromatic ring is 1. The third-order valence-corrected chi connectivity index (χ3v) is 2.84. The first-order valence-electron chi connectivity index (χ1n) is 5.83. The lowest BCUT2D eigenvalue weighted by atomic mass is 10.1. The molecule has 0 fully saturated rings. The van der Waals surface area contributed by atoms with Crippen LogP contribution in [0.2, 0.25) is 0 Å². The molecule has 1 aromatic rings. The summed E-state index contributed by atoms with van der Waals surface area (Å²) in [5.41, 5.74) is 13.1. The molecular weight excluding hydrogens is 230 g/mol. The molecule has 1 aromatic carbocycles. The van der Waals surface area contributed by atoms with Gasteiger partial charge < -0.3 is 16.2 Å². The lowest BCUT2D eigenvalue weighted by molar-refractivity contribution is 0.0837. The lowest BCUT2D eigenvalue weighted by Gasteiger charge is -2.21. The Labute approximate surface area is 108 Å². The van der Waals surface area contributed by atoms with Crippen LogP contribution in [0.4, 0.5) is 5.69 Å². The summed E-state index contributed by atoms with van der Waals surface area (Å²) in [6.45, 7) is 3.53. The Balaban J connectivity index is 2.70. The number of carbonyl (C=O) groups is 1. The van der Waals surface area contributed by atoms with Crippen LogP contribution < -0.4 is 11.5 Å². The fraction of sp³-hybridized carbons (Fsp3) is 0.462. The second-order valence-corrected chi connectivity index (χ2v) is 4.52. The molecule has 0 heterocycles. The quantitative estimate of drug-likeness (QED) is 0.734. The molecule has 100 valence electrons. The first-order chi connectivity index (χ1) is 8.43. The average Bonchev–Trinajstić information content (AvgIpc) is 2.31. The molecule has 0 aromatic heterocycles. The summed E-state index contributed by atoms with van der Waals surface area (Å²) in [4.78, 5) is 13.1. The summed E-state index contributed by atoms with van der Waals surface area (Å²) >= 11 is 0. The van der Waals surface area contributed by atoms with Crippen LogP contribution in [-0.4, -0.2) is 37.6 Å². The first-order valence-corrected chi connectivity index (χ1v) is 5.83. The van der Waals surface area contributed by atoms with Gasteiger partial charge in [-0.15, -0.1) is 0 Å². The Bertz CT molecular complexity index is 421. The van der Waals surface area contributed by atoms with Crippen molar-refractivity contribution in [2.75, 3.05) is 26.4 Å². The summed E-state index contributed by atoms with van der Waals surface area (Å²) < 4.78 is 5.21. The van der Waals surface area contributed by atoms with E-state index >= 15 is 0 Å². The number of carbonyl (C=O) groups excluding carboxylic acids is 1. The van der Waals surface area contributed by atoms with E-state index in [1.54, 1.807) is 19.2 Å². The van der Waals surface area contributed by atoms with Crippen LogP contribution >= 0.6 is 0 Å². The van der Waals surface area contributed by atoms with E-state index in [9.17, 15) is 4.79 Å². The largest absolute Gasteiger partial charge is 0.398 e. The molecule has 18 heavy (non-hydrogen) atoms. The second-order valence-electron chi connectivity index (χ2n) is 4.52. The SMILES string of the molecule is COC(C)CN(C)Cc1ccc(C(N)=O)cc1N. The molecule has 0 saturated heterocycles. The maximum absolute atomic E-state index is 11.0. The molecule has 0 aliphatic carbocycles. The van der Waals surface area contributed by atoms with Gasteiger partial charge in [0.05, 0.1) is 6.10 Å². The Morgan fingerprint density at radius 1 is 1.50 bits per heavy atom. The van der Waals surface area contributed by atoms with Gasteiger partial charge in [0.25, 0.3) is 0 Å². The van der Waals surface area contributed by atoms with Gasteiger partial charge in [-0.05, 0) is 31.7 Å². The number of rotatable bonds is 6. The number of nitrogens with two attached hydrogens (primary N) is 2. The van der Waals surface area contributed by atoms with Gasteiger partial charge >= 0.3 is 0 Å². The third-order valence-electron chi connectivity index (χ3n) is 2.84. The number of nitrogens with zero attached hydrogens (tertiary/aromatic N) is 1. The normalized spacial score (nSPS) is 12.7. The molecule has 1 amide bonds. The Morgan fingerprint density at radius 2 is 2.17 bits per heavy atom. The molecule has 5 heteroatoms. The van der Waals surface area contributed by atoms with Crippen LogP contribution in [0.15, 0.2) is 18.2 Å². The van der Waals surface area contributed by atoms with Gasteiger partial charge in [0.2, 0.25) is 5.91 Å². The van der Waals surface area contributed by atoms with E-state index in [0.717, 1.165) is 12.1 Å². The van der Waals surface area contributed by atoms with Gasteiger partial charge in [-0.1, -0.05) is 6.07 Å². The molecule has 0 aliphatic heterocycles. The summed E-state index contributed by atoms with van der Waals surface area (Å²) in [5.74, 6) is -0.463. The summed E-state index contributed by atoms with van der Waals surface area (Å²) in [7, 11) is 3.69.